The molecular formula is C26H30F3N3O4. The minimum atomic E-state index is -1.24. The summed E-state index contributed by atoms with van der Waals surface area (Å²) in [4.78, 5) is 29.5. The summed E-state index contributed by atoms with van der Waals surface area (Å²) in [6.45, 7) is 3.02. The average Bonchev–Trinajstić information content (AvgIpc) is 2.86. The summed E-state index contributed by atoms with van der Waals surface area (Å²) in [6.07, 6.45) is 2.35. The largest absolute Gasteiger partial charge is 0.493 e. The Morgan fingerprint density at radius 3 is 2.33 bits per heavy atom. The van der Waals surface area contributed by atoms with Gasteiger partial charge in [0, 0.05) is 44.9 Å². The molecule has 4 rings (SSSR count). The molecule has 1 fully saturated rings. The van der Waals surface area contributed by atoms with Crippen LogP contribution >= 0.6 is 0 Å². The monoisotopic (exact) mass is 505 g/mol. The Balaban J connectivity index is 1.31. The standard InChI is InChI=1S/C26H30F3N3O4/c1-35-22-10-16-5-8-32(15-18(16)11-23(22)36-2)26(34)17-4-3-7-31(14-17)9-6-30-25(33)24-20(28)12-19(27)13-21(24)29/h10-13,17H,3-9,14-15H2,1-2H3,(H,30,33). The topological polar surface area (TPSA) is 71.1 Å². The van der Waals surface area contributed by atoms with Gasteiger partial charge >= 0.3 is 0 Å². The van der Waals surface area contributed by atoms with E-state index in [0.717, 1.165) is 36.9 Å². The molecule has 0 aromatic heterocycles. The van der Waals surface area contributed by atoms with Gasteiger partial charge in [0.2, 0.25) is 5.91 Å². The molecule has 0 radical (unpaired) electrons. The van der Waals surface area contributed by atoms with Crippen LogP contribution in [0.25, 0.3) is 0 Å². The summed E-state index contributed by atoms with van der Waals surface area (Å²) in [5.74, 6) is -3.26. The van der Waals surface area contributed by atoms with E-state index in [4.69, 9.17) is 9.47 Å². The molecular weight excluding hydrogens is 475 g/mol. The van der Waals surface area contributed by atoms with Crippen molar-refractivity contribution in [2.75, 3.05) is 46.9 Å². The lowest BCUT2D eigenvalue weighted by molar-refractivity contribution is -0.138. The molecule has 2 aromatic rings. The van der Waals surface area contributed by atoms with E-state index >= 15 is 0 Å². The SMILES string of the molecule is COc1cc2c(cc1OC)CN(C(=O)C1CCCN(CCNC(=O)c3c(F)cc(F)cc3F)C1)CC2. The van der Waals surface area contributed by atoms with Crippen LogP contribution < -0.4 is 14.8 Å². The first-order chi connectivity index (χ1) is 17.3. The first kappa shape index (κ1) is 25.8. The van der Waals surface area contributed by atoms with Crippen molar-refractivity contribution in [3.05, 3.63) is 58.4 Å². The van der Waals surface area contributed by atoms with Crippen molar-refractivity contribution in [2.24, 2.45) is 5.92 Å². The minimum Gasteiger partial charge on any atom is -0.493 e. The molecule has 7 nitrogen and oxygen atoms in total. The van der Waals surface area contributed by atoms with Crippen LogP contribution in [0.1, 0.15) is 34.3 Å². The van der Waals surface area contributed by atoms with Crippen LogP contribution in [0.2, 0.25) is 0 Å². The first-order valence-corrected chi connectivity index (χ1v) is 12.0. The third-order valence-electron chi connectivity index (χ3n) is 6.83. The molecule has 2 heterocycles. The molecule has 1 N–H and O–H groups in total. The fraction of sp³-hybridized carbons (Fsp3) is 0.462. The van der Waals surface area contributed by atoms with Crippen molar-refractivity contribution in [1.82, 2.24) is 15.1 Å². The van der Waals surface area contributed by atoms with Gasteiger partial charge in [-0.3, -0.25) is 9.59 Å². The number of likely N-dealkylation sites (tertiary alicyclic amines) is 1. The van der Waals surface area contributed by atoms with E-state index in [1.165, 1.54) is 0 Å². The molecule has 0 saturated carbocycles. The minimum absolute atomic E-state index is 0.0969. The fourth-order valence-electron chi connectivity index (χ4n) is 4.96. The first-order valence-electron chi connectivity index (χ1n) is 12.0. The molecule has 2 aromatic carbocycles. The molecule has 1 unspecified atom stereocenters. The van der Waals surface area contributed by atoms with Crippen LogP contribution in [0.4, 0.5) is 13.2 Å². The van der Waals surface area contributed by atoms with E-state index in [9.17, 15) is 22.8 Å². The van der Waals surface area contributed by atoms with E-state index < -0.39 is 28.9 Å². The second-order valence-electron chi connectivity index (χ2n) is 9.13. The highest BCUT2D eigenvalue weighted by atomic mass is 19.1. The van der Waals surface area contributed by atoms with Crippen molar-refractivity contribution in [3.63, 3.8) is 0 Å². The van der Waals surface area contributed by atoms with Gasteiger partial charge < -0.3 is 24.6 Å². The molecule has 10 heteroatoms. The maximum Gasteiger partial charge on any atom is 0.257 e. The van der Waals surface area contributed by atoms with E-state index in [1.807, 2.05) is 17.0 Å². The normalized spacial score (nSPS) is 17.9. The molecule has 1 saturated heterocycles. The number of fused-ring (bicyclic) bond motifs is 1. The number of amides is 2. The second kappa shape index (κ2) is 11.2. The Labute approximate surface area is 208 Å². The van der Waals surface area contributed by atoms with Gasteiger partial charge in [-0.1, -0.05) is 0 Å². The maximum atomic E-state index is 13.8. The van der Waals surface area contributed by atoms with E-state index in [2.05, 4.69) is 10.2 Å². The predicted octanol–water partition coefficient (Wildman–Crippen LogP) is 3.15. The number of halogens is 3. The number of piperidine rings is 1. The van der Waals surface area contributed by atoms with E-state index in [0.29, 0.717) is 49.8 Å². The van der Waals surface area contributed by atoms with Crippen LogP contribution in [0.3, 0.4) is 0 Å². The molecule has 0 aliphatic carbocycles. The summed E-state index contributed by atoms with van der Waals surface area (Å²) >= 11 is 0. The summed E-state index contributed by atoms with van der Waals surface area (Å²) in [5, 5.41) is 2.49. The zero-order valence-corrected chi connectivity index (χ0v) is 20.4. The Bertz CT molecular complexity index is 1120. The number of carbonyl (C=O) groups is 2. The quantitative estimate of drug-likeness (QED) is 0.626. The molecule has 2 aliphatic heterocycles. The van der Waals surface area contributed by atoms with E-state index in [-0.39, 0.29) is 18.4 Å². The highest BCUT2D eigenvalue weighted by molar-refractivity contribution is 5.94. The number of nitrogens with one attached hydrogen (secondary N) is 1. The molecule has 0 bridgehead atoms. The van der Waals surface area contributed by atoms with Crippen molar-refractivity contribution in [2.45, 2.75) is 25.8 Å². The number of ether oxygens (including phenoxy) is 2. The van der Waals surface area contributed by atoms with Gasteiger partial charge in [-0.05, 0) is 49.1 Å². The number of methoxy groups -OCH3 is 2. The Morgan fingerprint density at radius 2 is 1.67 bits per heavy atom. The molecule has 2 amide bonds. The van der Waals surface area contributed by atoms with Gasteiger partial charge in [0.15, 0.2) is 11.5 Å². The van der Waals surface area contributed by atoms with Gasteiger partial charge in [-0.25, -0.2) is 13.2 Å². The zero-order valence-electron chi connectivity index (χ0n) is 20.4. The van der Waals surface area contributed by atoms with Crippen molar-refractivity contribution >= 4 is 11.8 Å². The van der Waals surface area contributed by atoms with Gasteiger partial charge in [0.1, 0.15) is 23.0 Å². The molecule has 36 heavy (non-hydrogen) atoms. The van der Waals surface area contributed by atoms with E-state index in [1.54, 1.807) is 14.2 Å². The van der Waals surface area contributed by atoms with Crippen LogP contribution in [0.5, 0.6) is 11.5 Å². The smallest absolute Gasteiger partial charge is 0.257 e. The molecule has 1 atom stereocenters. The average molecular weight is 506 g/mol. The third kappa shape index (κ3) is 5.59. The van der Waals surface area contributed by atoms with Crippen molar-refractivity contribution < 1.29 is 32.2 Å². The zero-order chi connectivity index (χ0) is 25.8. The molecule has 194 valence electrons. The summed E-state index contributed by atoms with van der Waals surface area (Å²) in [7, 11) is 3.18. The summed E-state index contributed by atoms with van der Waals surface area (Å²) in [5.41, 5.74) is 1.39. The lowest BCUT2D eigenvalue weighted by Gasteiger charge is -2.37. The maximum absolute atomic E-state index is 13.8. The second-order valence-corrected chi connectivity index (χ2v) is 9.13. The summed E-state index contributed by atoms with van der Waals surface area (Å²) < 4.78 is 51.5. The predicted molar refractivity (Wildman–Crippen MR) is 126 cm³/mol. The highest BCUT2D eigenvalue weighted by Gasteiger charge is 2.31. The number of benzene rings is 2. The number of carbonyl (C=O) groups excluding carboxylic acids is 2. The van der Waals surface area contributed by atoms with Crippen LogP contribution in [0, 0.1) is 23.4 Å². The van der Waals surface area contributed by atoms with Gasteiger partial charge in [-0.15, -0.1) is 0 Å². The lowest BCUT2D eigenvalue weighted by Crippen LogP contribution is -2.47. The third-order valence-corrected chi connectivity index (χ3v) is 6.83. The molecule has 2 aliphatic rings. The van der Waals surface area contributed by atoms with Crippen molar-refractivity contribution in [1.29, 1.82) is 0 Å². The summed E-state index contributed by atoms with van der Waals surface area (Å²) in [6, 6.07) is 4.85. The van der Waals surface area contributed by atoms with Gasteiger partial charge in [-0.2, -0.15) is 0 Å². The highest BCUT2D eigenvalue weighted by Crippen LogP contribution is 2.34. The Morgan fingerprint density at radius 1 is 1.00 bits per heavy atom. The van der Waals surface area contributed by atoms with Crippen LogP contribution in [-0.4, -0.2) is 68.6 Å². The molecule has 0 spiro atoms. The fourth-order valence-corrected chi connectivity index (χ4v) is 4.96. The van der Waals surface area contributed by atoms with Gasteiger partial charge in [0.05, 0.1) is 20.1 Å². The Kier molecular flexibility index (Phi) is 8.03. The van der Waals surface area contributed by atoms with Gasteiger partial charge in [0.25, 0.3) is 5.91 Å². The van der Waals surface area contributed by atoms with Crippen LogP contribution in [-0.2, 0) is 17.8 Å². The number of nitrogens with zero attached hydrogens (tertiary/aromatic N) is 2. The number of hydrogen-bond donors (Lipinski definition) is 1. The number of hydrogen-bond acceptors (Lipinski definition) is 5. The van der Waals surface area contributed by atoms with Crippen molar-refractivity contribution in [3.8, 4) is 11.5 Å². The number of rotatable bonds is 7. The lowest BCUT2D eigenvalue weighted by atomic mass is 9.93. The Hall–Kier alpha value is -3.27. The van der Waals surface area contributed by atoms with Crippen LogP contribution in [0.15, 0.2) is 24.3 Å².